The summed E-state index contributed by atoms with van der Waals surface area (Å²) < 4.78 is 6.34. The fraction of sp³-hybridized carbons (Fsp3) is 0.368. The first kappa shape index (κ1) is 15.3. The first-order valence-corrected chi connectivity index (χ1v) is 8.35. The third kappa shape index (κ3) is 3.79. The minimum atomic E-state index is 0.0232. The van der Waals surface area contributed by atoms with Gasteiger partial charge in [0, 0.05) is 12.6 Å². The molecule has 1 saturated heterocycles. The zero-order valence-electron chi connectivity index (χ0n) is 13.3. The fourth-order valence-corrected chi connectivity index (χ4v) is 3.10. The van der Waals surface area contributed by atoms with Crippen molar-refractivity contribution in [3.05, 3.63) is 60.2 Å². The molecule has 0 aliphatic carbocycles. The van der Waals surface area contributed by atoms with Gasteiger partial charge >= 0.3 is 6.92 Å². The van der Waals surface area contributed by atoms with E-state index in [1.165, 1.54) is 29.3 Å². The highest BCUT2D eigenvalue weighted by atomic mass is 16.4. The van der Waals surface area contributed by atoms with E-state index in [0.717, 1.165) is 19.6 Å². The highest BCUT2D eigenvalue weighted by molar-refractivity contribution is 6.80. The van der Waals surface area contributed by atoms with Gasteiger partial charge in [0.05, 0.1) is 0 Å². The molecule has 1 unspecified atom stereocenters. The SMILES string of the molecule is CCc1cccc(B(OCC2CCCN2)c2ccccc2)c1. The molecule has 1 aliphatic heterocycles. The van der Waals surface area contributed by atoms with Gasteiger partial charge in [0.25, 0.3) is 0 Å². The summed E-state index contributed by atoms with van der Waals surface area (Å²) in [5.41, 5.74) is 3.85. The van der Waals surface area contributed by atoms with Crippen LogP contribution in [0, 0.1) is 0 Å². The van der Waals surface area contributed by atoms with Crippen molar-refractivity contribution in [3.63, 3.8) is 0 Å². The minimum absolute atomic E-state index is 0.0232. The molecule has 22 heavy (non-hydrogen) atoms. The van der Waals surface area contributed by atoms with Crippen LogP contribution < -0.4 is 16.2 Å². The normalized spacial score (nSPS) is 17.6. The van der Waals surface area contributed by atoms with Crippen LogP contribution in [-0.4, -0.2) is 26.1 Å². The van der Waals surface area contributed by atoms with E-state index in [2.05, 4.69) is 66.8 Å². The highest BCUT2D eigenvalue weighted by Gasteiger charge is 2.24. The molecule has 1 heterocycles. The van der Waals surface area contributed by atoms with Crippen molar-refractivity contribution in [2.45, 2.75) is 32.2 Å². The topological polar surface area (TPSA) is 21.3 Å². The van der Waals surface area contributed by atoms with Gasteiger partial charge in [-0.2, -0.15) is 0 Å². The maximum atomic E-state index is 6.34. The largest absolute Gasteiger partial charge is 0.425 e. The highest BCUT2D eigenvalue weighted by Crippen LogP contribution is 2.07. The van der Waals surface area contributed by atoms with Gasteiger partial charge in [0.15, 0.2) is 0 Å². The summed E-state index contributed by atoms with van der Waals surface area (Å²) in [6.07, 6.45) is 3.53. The molecule has 0 bridgehead atoms. The summed E-state index contributed by atoms with van der Waals surface area (Å²) in [6.45, 7) is 4.11. The summed E-state index contributed by atoms with van der Waals surface area (Å²) in [5, 5.41) is 3.51. The number of benzene rings is 2. The number of hydrogen-bond acceptors (Lipinski definition) is 2. The predicted octanol–water partition coefficient (Wildman–Crippen LogP) is 2.12. The molecule has 1 atom stereocenters. The number of hydrogen-bond donors (Lipinski definition) is 1. The monoisotopic (exact) mass is 293 g/mol. The molecule has 1 aliphatic rings. The molecule has 0 aromatic heterocycles. The lowest BCUT2D eigenvalue weighted by Crippen LogP contribution is -2.47. The number of aryl methyl sites for hydroxylation is 1. The van der Waals surface area contributed by atoms with Gasteiger partial charge < -0.3 is 9.97 Å². The second-order valence-corrected chi connectivity index (χ2v) is 6.02. The molecule has 0 spiro atoms. The standard InChI is InChI=1S/C19H24BNO/c1-2-16-8-6-11-18(14-16)20(17-9-4-3-5-10-17)22-15-19-12-7-13-21-19/h3-6,8-11,14,19,21H,2,7,12-13,15H2,1H3. The maximum Gasteiger partial charge on any atom is 0.361 e. The van der Waals surface area contributed by atoms with Crippen molar-refractivity contribution >= 4 is 17.8 Å². The zero-order chi connectivity index (χ0) is 15.2. The van der Waals surface area contributed by atoms with E-state index in [1.54, 1.807) is 0 Å². The fourth-order valence-electron chi connectivity index (χ4n) is 3.10. The molecule has 2 aromatic carbocycles. The number of rotatable bonds is 6. The Bertz CT molecular complexity index is 581. The molecular weight excluding hydrogens is 269 g/mol. The summed E-state index contributed by atoms with van der Waals surface area (Å²) >= 11 is 0. The van der Waals surface area contributed by atoms with Gasteiger partial charge in [-0.3, -0.25) is 0 Å². The molecule has 3 rings (SSSR count). The second kappa shape index (κ2) is 7.62. The molecular formula is C19H24BNO. The van der Waals surface area contributed by atoms with E-state index in [-0.39, 0.29) is 6.92 Å². The summed E-state index contributed by atoms with van der Waals surface area (Å²) in [6, 6.07) is 19.8. The smallest absolute Gasteiger partial charge is 0.361 e. The van der Waals surface area contributed by atoms with Crippen LogP contribution in [0.1, 0.15) is 25.3 Å². The third-order valence-corrected chi connectivity index (χ3v) is 4.39. The Morgan fingerprint density at radius 3 is 2.64 bits per heavy atom. The Labute approximate surface area is 134 Å². The Kier molecular flexibility index (Phi) is 5.31. The van der Waals surface area contributed by atoms with Crippen LogP contribution in [0.4, 0.5) is 0 Å². The van der Waals surface area contributed by atoms with Gasteiger partial charge in [-0.1, -0.05) is 61.5 Å². The molecule has 1 N–H and O–H groups in total. The molecule has 0 amide bonds. The zero-order valence-corrected chi connectivity index (χ0v) is 13.3. The van der Waals surface area contributed by atoms with Crippen molar-refractivity contribution in [3.8, 4) is 0 Å². The molecule has 2 aromatic rings. The van der Waals surface area contributed by atoms with Crippen LogP contribution in [0.5, 0.6) is 0 Å². The van der Waals surface area contributed by atoms with Gasteiger partial charge in [-0.05, 0) is 42.3 Å². The van der Waals surface area contributed by atoms with E-state index in [9.17, 15) is 0 Å². The molecule has 0 radical (unpaired) electrons. The van der Waals surface area contributed by atoms with Crippen LogP contribution in [-0.2, 0) is 11.1 Å². The van der Waals surface area contributed by atoms with Crippen LogP contribution in [0.2, 0.25) is 0 Å². The van der Waals surface area contributed by atoms with E-state index < -0.39 is 0 Å². The Hall–Kier alpha value is -1.58. The molecule has 1 fully saturated rings. The van der Waals surface area contributed by atoms with E-state index in [1.807, 2.05) is 0 Å². The van der Waals surface area contributed by atoms with Crippen molar-refractivity contribution < 1.29 is 4.65 Å². The molecule has 0 saturated carbocycles. The Morgan fingerprint density at radius 2 is 1.91 bits per heavy atom. The number of nitrogens with one attached hydrogen (secondary N) is 1. The van der Waals surface area contributed by atoms with Crippen molar-refractivity contribution in [2.24, 2.45) is 0 Å². The summed E-state index contributed by atoms with van der Waals surface area (Å²) in [4.78, 5) is 0. The average molecular weight is 293 g/mol. The minimum Gasteiger partial charge on any atom is -0.425 e. The quantitative estimate of drug-likeness (QED) is 0.824. The molecule has 2 nitrogen and oxygen atoms in total. The molecule has 3 heteroatoms. The van der Waals surface area contributed by atoms with Crippen LogP contribution in [0.3, 0.4) is 0 Å². The van der Waals surface area contributed by atoms with Crippen LogP contribution >= 0.6 is 0 Å². The van der Waals surface area contributed by atoms with Gasteiger partial charge in [-0.15, -0.1) is 0 Å². The lowest BCUT2D eigenvalue weighted by molar-refractivity contribution is 0.288. The summed E-state index contributed by atoms with van der Waals surface area (Å²) in [5.74, 6) is 0. The Balaban J connectivity index is 1.81. The summed E-state index contributed by atoms with van der Waals surface area (Å²) in [7, 11) is 0. The first-order valence-electron chi connectivity index (χ1n) is 8.35. The molecule has 114 valence electrons. The second-order valence-electron chi connectivity index (χ2n) is 6.02. The van der Waals surface area contributed by atoms with Crippen LogP contribution in [0.15, 0.2) is 54.6 Å². The Morgan fingerprint density at radius 1 is 1.09 bits per heavy atom. The van der Waals surface area contributed by atoms with Gasteiger partial charge in [0.2, 0.25) is 0 Å². The van der Waals surface area contributed by atoms with Crippen molar-refractivity contribution in [2.75, 3.05) is 13.2 Å². The maximum absolute atomic E-state index is 6.34. The van der Waals surface area contributed by atoms with Crippen molar-refractivity contribution in [1.29, 1.82) is 0 Å². The first-order chi connectivity index (χ1) is 10.9. The van der Waals surface area contributed by atoms with Crippen molar-refractivity contribution in [1.82, 2.24) is 5.32 Å². The average Bonchev–Trinajstić information content (AvgIpc) is 3.10. The van der Waals surface area contributed by atoms with E-state index in [0.29, 0.717) is 6.04 Å². The predicted molar refractivity (Wildman–Crippen MR) is 94.3 cm³/mol. The van der Waals surface area contributed by atoms with Gasteiger partial charge in [0.1, 0.15) is 0 Å². The van der Waals surface area contributed by atoms with Gasteiger partial charge in [-0.25, -0.2) is 0 Å². The third-order valence-electron chi connectivity index (χ3n) is 4.39. The lowest BCUT2D eigenvalue weighted by Gasteiger charge is -2.19. The van der Waals surface area contributed by atoms with Crippen LogP contribution in [0.25, 0.3) is 0 Å². The van der Waals surface area contributed by atoms with E-state index >= 15 is 0 Å². The van der Waals surface area contributed by atoms with E-state index in [4.69, 9.17) is 4.65 Å². The lowest BCUT2D eigenvalue weighted by atomic mass is 9.55.